The summed E-state index contributed by atoms with van der Waals surface area (Å²) in [5, 5.41) is 8.67. The minimum atomic E-state index is -0.0460. The van der Waals surface area contributed by atoms with Crippen LogP contribution in [-0.2, 0) is 4.79 Å². The van der Waals surface area contributed by atoms with Gasteiger partial charge in [-0.25, -0.2) is 0 Å². The third-order valence-corrected chi connectivity index (χ3v) is 5.27. The van der Waals surface area contributed by atoms with Gasteiger partial charge in [0.05, 0.1) is 5.69 Å². The van der Waals surface area contributed by atoms with Crippen LogP contribution in [0.15, 0.2) is 54.9 Å². The van der Waals surface area contributed by atoms with E-state index in [9.17, 15) is 4.79 Å². The van der Waals surface area contributed by atoms with E-state index in [1.165, 1.54) is 0 Å². The Hall–Kier alpha value is -3.88. The summed E-state index contributed by atoms with van der Waals surface area (Å²) < 4.78 is 16.3. The Bertz CT molecular complexity index is 1050. The SMILES string of the molecule is O=C(COc1ccc2c(c1)OCO2)N1CCN(c2ccc(-c3cccnc3)nn2)CC1. The van der Waals surface area contributed by atoms with E-state index in [0.29, 0.717) is 43.4 Å². The first-order valence-corrected chi connectivity index (χ1v) is 10.1. The molecule has 5 rings (SSSR count). The third-order valence-electron chi connectivity index (χ3n) is 5.27. The molecule has 9 nitrogen and oxygen atoms in total. The number of hydrogen-bond donors (Lipinski definition) is 0. The van der Waals surface area contributed by atoms with Crippen molar-refractivity contribution in [1.29, 1.82) is 0 Å². The summed E-state index contributed by atoms with van der Waals surface area (Å²) in [7, 11) is 0. The number of fused-ring (bicyclic) bond motifs is 1. The lowest BCUT2D eigenvalue weighted by Gasteiger charge is -2.35. The summed E-state index contributed by atoms with van der Waals surface area (Å²) in [5.74, 6) is 2.66. The number of anilines is 1. The Kier molecular flexibility index (Phi) is 5.22. The van der Waals surface area contributed by atoms with Gasteiger partial charge in [0.25, 0.3) is 5.91 Å². The molecule has 1 saturated heterocycles. The van der Waals surface area contributed by atoms with Gasteiger partial charge in [0.1, 0.15) is 5.75 Å². The van der Waals surface area contributed by atoms with Gasteiger partial charge in [-0.05, 0) is 36.4 Å². The first-order chi connectivity index (χ1) is 15.3. The average Bonchev–Trinajstić information content (AvgIpc) is 3.31. The maximum Gasteiger partial charge on any atom is 0.260 e. The lowest BCUT2D eigenvalue weighted by molar-refractivity contribution is -0.133. The minimum Gasteiger partial charge on any atom is -0.484 e. The standard InChI is InChI=1S/C22H21N5O4/c28-22(14-29-17-3-5-19-20(12-17)31-15-30-19)27-10-8-26(9-11-27)21-6-4-18(24-25-21)16-2-1-7-23-13-16/h1-7,12-13H,8-11,14-15H2. The van der Waals surface area contributed by atoms with Crippen LogP contribution < -0.4 is 19.1 Å². The fourth-order valence-corrected chi connectivity index (χ4v) is 3.55. The van der Waals surface area contributed by atoms with Crippen molar-refractivity contribution in [2.75, 3.05) is 44.5 Å². The molecule has 2 aliphatic heterocycles. The Labute approximate surface area is 179 Å². The van der Waals surface area contributed by atoms with Crippen LogP contribution in [0, 0.1) is 0 Å². The highest BCUT2D eigenvalue weighted by Crippen LogP contribution is 2.35. The molecule has 158 valence electrons. The average molecular weight is 419 g/mol. The van der Waals surface area contributed by atoms with Gasteiger partial charge in [-0.1, -0.05) is 0 Å². The predicted molar refractivity (Wildman–Crippen MR) is 112 cm³/mol. The molecule has 0 spiro atoms. The monoisotopic (exact) mass is 419 g/mol. The summed E-state index contributed by atoms with van der Waals surface area (Å²) in [6.45, 7) is 2.79. The minimum absolute atomic E-state index is 0.0146. The largest absolute Gasteiger partial charge is 0.484 e. The molecule has 0 atom stereocenters. The van der Waals surface area contributed by atoms with E-state index in [-0.39, 0.29) is 19.3 Å². The van der Waals surface area contributed by atoms with Gasteiger partial charge in [0.2, 0.25) is 6.79 Å². The van der Waals surface area contributed by atoms with E-state index >= 15 is 0 Å². The van der Waals surface area contributed by atoms with Crippen LogP contribution in [0.4, 0.5) is 5.82 Å². The number of benzene rings is 1. The quantitative estimate of drug-likeness (QED) is 0.620. The lowest BCUT2D eigenvalue weighted by atomic mass is 10.2. The summed E-state index contributed by atoms with van der Waals surface area (Å²) in [6.07, 6.45) is 3.49. The van der Waals surface area contributed by atoms with Gasteiger partial charge < -0.3 is 24.0 Å². The summed E-state index contributed by atoms with van der Waals surface area (Å²) in [4.78, 5) is 20.6. The number of amides is 1. The van der Waals surface area contributed by atoms with E-state index in [0.717, 1.165) is 17.1 Å². The molecule has 9 heteroatoms. The van der Waals surface area contributed by atoms with Crippen molar-refractivity contribution in [3.8, 4) is 28.5 Å². The molecular weight excluding hydrogens is 398 g/mol. The van der Waals surface area contributed by atoms with Crippen molar-refractivity contribution in [1.82, 2.24) is 20.1 Å². The molecule has 1 fully saturated rings. The van der Waals surface area contributed by atoms with Crippen LogP contribution in [-0.4, -0.2) is 65.6 Å². The molecule has 31 heavy (non-hydrogen) atoms. The maximum atomic E-state index is 12.5. The van der Waals surface area contributed by atoms with Crippen molar-refractivity contribution in [3.05, 3.63) is 54.9 Å². The molecule has 0 unspecified atom stereocenters. The van der Waals surface area contributed by atoms with E-state index in [2.05, 4.69) is 20.1 Å². The Morgan fingerprint density at radius 2 is 1.87 bits per heavy atom. The van der Waals surface area contributed by atoms with Gasteiger partial charge in [-0.2, -0.15) is 0 Å². The highest BCUT2D eigenvalue weighted by atomic mass is 16.7. The van der Waals surface area contributed by atoms with E-state index in [1.54, 1.807) is 35.5 Å². The van der Waals surface area contributed by atoms with Gasteiger partial charge in [-0.3, -0.25) is 9.78 Å². The van der Waals surface area contributed by atoms with Crippen molar-refractivity contribution >= 4 is 11.7 Å². The first kappa shape index (κ1) is 19.1. The molecule has 3 aromatic rings. The van der Waals surface area contributed by atoms with Crippen LogP contribution in [0.3, 0.4) is 0 Å². The highest BCUT2D eigenvalue weighted by Gasteiger charge is 2.23. The fourth-order valence-electron chi connectivity index (χ4n) is 3.55. The van der Waals surface area contributed by atoms with Crippen LogP contribution in [0.25, 0.3) is 11.3 Å². The number of nitrogens with zero attached hydrogens (tertiary/aromatic N) is 5. The number of carbonyl (C=O) groups is 1. The zero-order chi connectivity index (χ0) is 21.0. The van der Waals surface area contributed by atoms with Crippen LogP contribution >= 0.6 is 0 Å². The second-order valence-corrected chi connectivity index (χ2v) is 7.19. The number of hydrogen-bond acceptors (Lipinski definition) is 8. The van der Waals surface area contributed by atoms with Crippen LogP contribution in [0.2, 0.25) is 0 Å². The van der Waals surface area contributed by atoms with Crippen LogP contribution in [0.5, 0.6) is 17.2 Å². The molecular formula is C22H21N5O4. The van der Waals surface area contributed by atoms with Gasteiger partial charge in [0, 0.05) is 50.2 Å². The number of ether oxygens (including phenoxy) is 3. The summed E-state index contributed by atoms with van der Waals surface area (Å²) >= 11 is 0. The van der Waals surface area contributed by atoms with E-state index in [1.807, 2.05) is 24.3 Å². The maximum absolute atomic E-state index is 12.5. The number of piperazine rings is 1. The number of carbonyl (C=O) groups excluding carboxylic acids is 1. The topological polar surface area (TPSA) is 89.9 Å². The second kappa shape index (κ2) is 8.47. The molecule has 1 aromatic carbocycles. The molecule has 4 heterocycles. The number of aromatic nitrogens is 3. The highest BCUT2D eigenvalue weighted by molar-refractivity contribution is 5.78. The van der Waals surface area contributed by atoms with Crippen molar-refractivity contribution in [3.63, 3.8) is 0 Å². The predicted octanol–water partition coefficient (Wildman–Crippen LogP) is 1.99. The lowest BCUT2D eigenvalue weighted by Crippen LogP contribution is -2.50. The zero-order valence-corrected chi connectivity index (χ0v) is 16.8. The molecule has 2 aromatic heterocycles. The van der Waals surface area contributed by atoms with Gasteiger partial charge in [-0.15, -0.1) is 10.2 Å². The van der Waals surface area contributed by atoms with Crippen molar-refractivity contribution in [2.24, 2.45) is 0 Å². The molecule has 2 aliphatic rings. The normalized spacial score (nSPS) is 15.1. The molecule has 0 N–H and O–H groups in total. The zero-order valence-electron chi connectivity index (χ0n) is 16.8. The number of rotatable bonds is 5. The molecule has 0 aliphatic carbocycles. The Morgan fingerprint density at radius 1 is 1.00 bits per heavy atom. The van der Waals surface area contributed by atoms with Crippen molar-refractivity contribution in [2.45, 2.75) is 0 Å². The Balaban J connectivity index is 1.13. The molecule has 0 saturated carbocycles. The van der Waals surface area contributed by atoms with E-state index < -0.39 is 0 Å². The fraction of sp³-hybridized carbons (Fsp3) is 0.273. The summed E-state index contributed by atoms with van der Waals surface area (Å²) in [6, 6.07) is 13.0. The summed E-state index contributed by atoms with van der Waals surface area (Å²) in [5.41, 5.74) is 1.71. The Morgan fingerprint density at radius 3 is 2.65 bits per heavy atom. The van der Waals surface area contributed by atoms with E-state index in [4.69, 9.17) is 14.2 Å². The third kappa shape index (κ3) is 4.20. The molecule has 1 amide bonds. The van der Waals surface area contributed by atoms with Gasteiger partial charge >= 0.3 is 0 Å². The first-order valence-electron chi connectivity index (χ1n) is 10.1. The smallest absolute Gasteiger partial charge is 0.260 e. The molecule has 0 radical (unpaired) electrons. The van der Waals surface area contributed by atoms with Crippen molar-refractivity contribution < 1.29 is 19.0 Å². The molecule has 0 bridgehead atoms. The van der Waals surface area contributed by atoms with Crippen LogP contribution in [0.1, 0.15) is 0 Å². The number of pyridine rings is 1. The second-order valence-electron chi connectivity index (χ2n) is 7.19. The van der Waals surface area contributed by atoms with Gasteiger partial charge in [0.15, 0.2) is 23.9 Å².